The summed E-state index contributed by atoms with van der Waals surface area (Å²) >= 11 is 1.55. The SMILES string of the molecule is CCCN(CCC)C(=O)CSc1nc2ccccc2n1CC. The van der Waals surface area contributed by atoms with E-state index in [4.69, 9.17) is 0 Å². The zero-order valence-corrected chi connectivity index (χ0v) is 14.5. The molecule has 22 heavy (non-hydrogen) atoms. The Morgan fingerprint density at radius 3 is 2.50 bits per heavy atom. The second kappa shape index (κ2) is 8.22. The van der Waals surface area contributed by atoms with Crippen LogP contribution in [0.2, 0.25) is 0 Å². The summed E-state index contributed by atoms with van der Waals surface area (Å²) in [5, 5.41) is 0.935. The Balaban J connectivity index is 2.09. The number of amides is 1. The lowest BCUT2D eigenvalue weighted by molar-refractivity contribution is -0.128. The van der Waals surface area contributed by atoms with Crippen molar-refractivity contribution in [1.29, 1.82) is 0 Å². The average molecular weight is 319 g/mol. The number of nitrogens with zero attached hydrogens (tertiary/aromatic N) is 3. The van der Waals surface area contributed by atoms with Gasteiger partial charge in [0, 0.05) is 19.6 Å². The molecule has 0 aliphatic heterocycles. The zero-order valence-electron chi connectivity index (χ0n) is 13.7. The summed E-state index contributed by atoms with van der Waals surface area (Å²) in [5.41, 5.74) is 2.14. The highest BCUT2D eigenvalue weighted by Crippen LogP contribution is 2.24. The molecular weight excluding hydrogens is 294 g/mol. The van der Waals surface area contributed by atoms with Crippen LogP contribution < -0.4 is 0 Å². The summed E-state index contributed by atoms with van der Waals surface area (Å²) in [6.07, 6.45) is 2.01. The number of hydrogen-bond acceptors (Lipinski definition) is 3. The van der Waals surface area contributed by atoms with Crippen LogP contribution in [0.25, 0.3) is 11.0 Å². The van der Waals surface area contributed by atoms with E-state index in [9.17, 15) is 4.79 Å². The number of imidazole rings is 1. The summed E-state index contributed by atoms with van der Waals surface area (Å²) in [4.78, 5) is 19.0. The predicted octanol–water partition coefficient (Wildman–Crippen LogP) is 3.80. The Labute approximate surface area is 136 Å². The molecule has 0 unspecified atom stereocenters. The topological polar surface area (TPSA) is 38.1 Å². The molecule has 0 atom stereocenters. The second-order valence-electron chi connectivity index (χ2n) is 5.30. The van der Waals surface area contributed by atoms with Gasteiger partial charge in [-0.05, 0) is 31.9 Å². The maximum atomic E-state index is 12.4. The van der Waals surface area contributed by atoms with Crippen LogP contribution in [0.5, 0.6) is 0 Å². The van der Waals surface area contributed by atoms with Crippen molar-refractivity contribution in [2.24, 2.45) is 0 Å². The van der Waals surface area contributed by atoms with Crippen LogP contribution in [-0.4, -0.2) is 39.2 Å². The van der Waals surface area contributed by atoms with E-state index in [2.05, 4.69) is 36.4 Å². The summed E-state index contributed by atoms with van der Waals surface area (Å²) in [5.74, 6) is 0.673. The molecule has 0 saturated heterocycles. The van der Waals surface area contributed by atoms with Crippen LogP contribution in [0.4, 0.5) is 0 Å². The molecule has 0 radical (unpaired) electrons. The molecule has 1 amide bonds. The van der Waals surface area contributed by atoms with Crippen LogP contribution in [0, 0.1) is 0 Å². The van der Waals surface area contributed by atoms with Gasteiger partial charge < -0.3 is 9.47 Å². The van der Waals surface area contributed by atoms with Gasteiger partial charge in [0.05, 0.1) is 16.8 Å². The van der Waals surface area contributed by atoms with Gasteiger partial charge in [0.15, 0.2) is 5.16 Å². The van der Waals surface area contributed by atoms with Gasteiger partial charge in [0.25, 0.3) is 0 Å². The predicted molar refractivity (Wildman–Crippen MR) is 93.3 cm³/mol. The number of carbonyl (C=O) groups excluding carboxylic acids is 1. The molecule has 2 aromatic rings. The van der Waals surface area contributed by atoms with Gasteiger partial charge in [-0.15, -0.1) is 0 Å². The highest BCUT2D eigenvalue weighted by molar-refractivity contribution is 7.99. The molecular formula is C17H25N3OS. The van der Waals surface area contributed by atoms with Gasteiger partial charge in [-0.3, -0.25) is 4.79 Å². The minimum absolute atomic E-state index is 0.211. The van der Waals surface area contributed by atoms with E-state index in [-0.39, 0.29) is 5.91 Å². The van der Waals surface area contributed by atoms with Crippen LogP contribution in [0.3, 0.4) is 0 Å². The van der Waals surface area contributed by atoms with Crippen molar-refractivity contribution >= 4 is 28.7 Å². The maximum Gasteiger partial charge on any atom is 0.233 e. The molecule has 5 heteroatoms. The van der Waals surface area contributed by atoms with Crippen LogP contribution in [0.1, 0.15) is 33.6 Å². The van der Waals surface area contributed by atoms with E-state index >= 15 is 0 Å². The number of aryl methyl sites for hydroxylation is 1. The van der Waals surface area contributed by atoms with Crippen molar-refractivity contribution in [3.8, 4) is 0 Å². The smallest absolute Gasteiger partial charge is 0.233 e. The Hall–Kier alpha value is -1.49. The van der Waals surface area contributed by atoms with Gasteiger partial charge in [-0.2, -0.15) is 0 Å². The Morgan fingerprint density at radius 1 is 1.18 bits per heavy atom. The average Bonchev–Trinajstić information content (AvgIpc) is 2.89. The lowest BCUT2D eigenvalue weighted by Gasteiger charge is -2.21. The minimum Gasteiger partial charge on any atom is -0.342 e. The van der Waals surface area contributed by atoms with Gasteiger partial charge in [0.1, 0.15) is 0 Å². The van der Waals surface area contributed by atoms with Crippen LogP contribution >= 0.6 is 11.8 Å². The molecule has 0 saturated carbocycles. The largest absolute Gasteiger partial charge is 0.342 e. The van der Waals surface area contributed by atoms with E-state index in [0.717, 1.165) is 48.7 Å². The van der Waals surface area contributed by atoms with Crippen molar-refractivity contribution in [2.75, 3.05) is 18.8 Å². The standard InChI is InChI=1S/C17H25N3OS/c1-4-11-19(12-5-2)16(21)13-22-17-18-14-9-7-8-10-15(14)20(17)6-3/h7-10H,4-6,11-13H2,1-3H3. The number of benzene rings is 1. The van der Waals surface area contributed by atoms with Gasteiger partial charge >= 0.3 is 0 Å². The van der Waals surface area contributed by atoms with E-state index in [1.54, 1.807) is 11.8 Å². The van der Waals surface area contributed by atoms with Crippen molar-refractivity contribution in [1.82, 2.24) is 14.5 Å². The normalized spacial score (nSPS) is 11.0. The molecule has 4 nitrogen and oxygen atoms in total. The molecule has 0 N–H and O–H groups in total. The highest BCUT2D eigenvalue weighted by Gasteiger charge is 2.15. The third-order valence-corrected chi connectivity index (χ3v) is 4.56. The number of para-hydroxylation sites is 2. The fourth-order valence-electron chi connectivity index (χ4n) is 2.59. The van der Waals surface area contributed by atoms with Crippen molar-refractivity contribution < 1.29 is 4.79 Å². The summed E-state index contributed by atoms with van der Waals surface area (Å²) in [7, 11) is 0. The van der Waals surface area contributed by atoms with E-state index < -0.39 is 0 Å². The van der Waals surface area contributed by atoms with E-state index in [1.165, 1.54) is 0 Å². The van der Waals surface area contributed by atoms with Gasteiger partial charge in [-0.25, -0.2) is 4.98 Å². The van der Waals surface area contributed by atoms with Gasteiger partial charge in [-0.1, -0.05) is 37.7 Å². The lowest BCUT2D eigenvalue weighted by atomic mass is 10.3. The van der Waals surface area contributed by atoms with E-state index in [1.807, 2.05) is 23.1 Å². The van der Waals surface area contributed by atoms with Crippen LogP contribution in [-0.2, 0) is 11.3 Å². The maximum absolute atomic E-state index is 12.4. The van der Waals surface area contributed by atoms with Gasteiger partial charge in [0.2, 0.25) is 5.91 Å². The Kier molecular flexibility index (Phi) is 6.31. The molecule has 2 rings (SSSR count). The molecule has 0 fully saturated rings. The third kappa shape index (κ3) is 3.83. The number of carbonyl (C=O) groups is 1. The number of hydrogen-bond donors (Lipinski definition) is 0. The molecule has 1 heterocycles. The molecule has 0 aliphatic rings. The summed E-state index contributed by atoms with van der Waals surface area (Å²) in [6, 6.07) is 8.13. The molecule has 1 aromatic heterocycles. The van der Waals surface area contributed by atoms with E-state index in [0.29, 0.717) is 5.75 Å². The summed E-state index contributed by atoms with van der Waals surface area (Å²) < 4.78 is 2.18. The molecule has 0 spiro atoms. The first-order chi connectivity index (χ1) is 10.7. The molecule has 0 aliphatic carbocycles. The number of rotatable bonds is 8. The number of fused-ring (bicyclic) bond motifs is 1. The van der Waals surface area contributed by atoms with Crippen molar-refractivity contribution in [3.63, 3.8) is 0 Å². The quantitative estimate of drug-likeness (QED) is 0.695. The second-order valence-corrected chi connectivity index (χ2v) is 6.24. The first kappa shape index (κ1) is 16.9. The molecule has 1 aromatic carbocycles. The zero-order chi connectivity index (χ0) is 15.9. The molecule has 120 valence electrons. The number of thioether (sulfide) groups is 1. The minimum atomic E-state index is 0.211. The fraction of sp³-hybridized carbons (Fsp3) is 0.529. The van der Waals surface area contributed by atoms with Crippen molar-refractivity contribution in [2.45, 2.75) is 45.3 Å². The number of aromatic nitrogens is 2. The van der Waals surface area contributed by atoms with Crippen LogP contribution in [0.15, 0.2) is 29.4 Å². The molecule has 0 bridgehead atoms. The lowest BCUT2D eigenvalue weighted by Crippen LogP contribution is -2.33. The first-order valence-corrected chi connectivity index (χ1v) is 9.05. The summed E-state index contributed by atoms with van der Waals surface area (Å²) in [6.45, 7) is 8.89. The van der Waals surface area contributed by atoms with Crippen molar-refractivity contribution in [3.05, 3.63) is 24.3 Å². The third-order valence-electron chi connectivity index (χ3n) is 3.60. The Morgan fingerprint density at radius 2 is 1.86 bits per heavy atom. The first-order valence-electron chi connectivity index (χ1n) is 8.07. The fourth-order valence-corrected chi connectivity index (χ4v) is 3.57. The highest BCUT2D eigenvalue weighted by atomic mass is 32.2. The Bertz CT molecular complexity index is 617. The monoisotopic (exact) mass is 319 g/mol.